The number of hydrogen-bond donors (Lipinski definition) is 2. The number of nitrogens with zero attached hydrogens (tertiary/aromatic N) is 3. The highest BCUT2D eigenvalue weighted by atomic mass is 127. The molecule has 3 saturated heterocycles. The van der Waals surface area contributed by atoms with Crippen LogP contribution in [0.25, 0.3) is 10.9 Å². The molecule has 2 aromatic rings. The Balaban J connectivity index is 0.00000205. The van der Waals surface area contributed by atoms with Gasteiger partial charge in [0.05, 0.1) is 24.3 Å². The van der Waals surface area contributed by atoms with Gasteiger partial charge in [0, 0.05) is 43.4 Å². The van der Waals surface area contributed by atoms with Gasteiger partial charge in [-0.15, -0.1) is 24.0 Å². The van der Waals surface area contributed by atoms with Crippen molar-refractivity contribution >= 4 is 46.7 Å². The van der Waals surface area contributed by atoms with Gasteiger partial charge < -0.3 is 20.3 Å². The van der Waals surface area contributed by atoms with Crippen molar-refractivity contribution in [1.82, 2.24) is 15.2 Å². The molecule has 4 unspecified atom stereocenters. The van der Waals surface area contributed by atoms with Crippen LogP contribution in [0.2, 0.25) is 0 Å². The zero-order chi connectivity index (χ0) is 18.9. The second-order valence-electron chi connectivity index (χ2n) is 8.07. The van der Waals surface area contributed by atoms with Crippen molar-refractivity contribution in [2.24, 2.45) is 16.8 Å². The fourth-order valence-electron chi connectivity index (χ4n) is 5.07. The van der Waals surface area contributed by atoms with Gasteiger partial charge in [0.1, 0.15) is 5.82 Å². The fraction of sp³-hybridized carbons (Fsp3) is 0.545. The van der Waals surface area contributed by atoms with Crippen molar-refractivity contribution in [3.8, 4) is 0 Å². The van der Waals surface area contributed by atoms with Crippen molar-refractivity contribution in [3.63, 3.8) is 0 Å². The zero-order valence-corrected chi connectivity index (χ0v) is 19.2. The maximum atomic E-state index is 6.10. The monoisotopic (exact) mass is 507 g/mol. The van der Waals surface area contributed by atoms with Crippen LogP contribution in [-0.4, -0.2) is 60.8 Å². The molecule has 156 valence electrons. The van der Waals surface area contributed by atoms with E-state index in [4.69, 9.17) is 9.73 Å². The summed E-state index contributed by atoms with van der Waals surface area (Å²) in [5, 5.41) is 8.05. The number of guanidine groups is 1. The molecular weight excluding hydrogens is 477 g/mol. The predicted molar refractivity (Wildman–Crippen MR) is 128 cm³/mol. The van der Waals surface area contributed by atoms with Gasteiger partial charge >= 0.3 is 0 Å². The van der Waals surface area contributed by atoms with E-state index in [0.717, 1.165) is 55.4 Å². The van der Waals surface area contributed by atoms with E-state index >= 15 is 0 Å². The molecule has 5 rings (SSSR count). The molecule has 7 heteroatoms. The van der Waals surface area contributed by atoms with Crippen molar-refractivity contribution in [3.05, 3.63) is 36.4 Å². The number of fused-ring (bicyclic) bond motifs is 6. The molecule has 6 nitrogen and oxygen atoms in total. The quantitative estimate of drug-likeness (QED) is 0.282. The van der Waals surface area contributed by atoms with Gasteiger partial charge in [-0.05, 0) is 38.0 Å². The van der Waals surface area contributed by atoms with Crippen LogP contribution >= 0.6 is 24.0 Å². The molecule has 0 aliphatic carbocycles. The Bertz CT molecular complexity index is 857. The summed E-state index contributed by atoms with van der Waals surface area (Å²) in [6.45, 7) is 6.69. The first-order chi connectivity index (χ1) is 13.8. The van der Waals surface area contributed by atoms with Crippen LogP contribution in [0, 0.1) is 11.8 Å². The smallest absolute Gasteiger partial charge is 0.193 e. The number of hydrogen-bond acceptors (Lipinski definition) is 4. The Morgan fingerprint density at radius 2 is 1.90 bits per heavy atom. The van der Waals surface area contributed by atoms with E-state index in [-0.39, 0.29) is 24.0 Å². The molecule has 3 fully saturated rings. The molecule has 0 saturated carbocycles. The molecule has 1 aromatic carbocycles. The van der Waals surface area contributed by atoms with Gasteiger partial charge in [-0.2, -0.15) is 0 Å². The van der Waals surface area contributed by atoms with Crippen molar-refractivity contribution in [2.75, 3.05) is 38.0 Å². The Hall–Kier alpha value is -1.61. The molecular formula is C22H30IN5O. The number of nitrogens with one attached hydrogen (secondary N) is 2. The van der Waals surface area contributed by atoms with Crippen LogP contribution in [0.5, 0.6) is 0 Å². The summed E-state index contributed by atoms with van der Waals surface area (Å²) in [7, 11) is 0. The van der Waals surface area contributed by atoms with Crippen LogP contribution in [0.15, 0.2) is 41.4 Å². The number of likely N-dealkylation sites (tertiary alicyclic amines) is 1. The Kier molecular flexibility index (Phi) is 6.44. The topological polar surface area (TPSA) is 61.8 Å². The molecule has 3 aliphatic heterocycles. The summed E-state index contributed by atoms with van der Waals surface area (Å²) in [4.78, 5) is 12.0. The molecule has 2 N–H and O–H groups in total. The number of anilines is 1. The molecule has 29 heavy (non-hydrogen) atoms. The lowest BCUT2D eigenvalue weighted by atomic mass is 9.82. The first kappa shape index (κ1) is 20.7. The molecule has 0 amide bonds. The van der Waals surface area contributed by atoms with Gasteiger partial charge in [0.25, 0.3) is 0 Å². The summed E-state index contributed by atoms with van der Waals surface area (Å²) in [6.07, 6.45) is 3.47. The van der Waals surface area contributed by atoms with Gasteiger partial charge in [0.2, 0.25) is 0 Å². The number of benzene rings is 1. The number of aliphatic imine (C=N–C) groups is 1. The van der Waals surface area contributed by atoms with Crippen molar-refractivity contribution in [2.45, 2.75) is 32.0 Å². The summed E-state index contributed by atoms with van der Waals surface area (Å²) in [5.41, 5.74) is 1.02. The fourth-order valence-corrected chi connectivity index (χ4v) is 5.07. The van der Waals surface area contributed by atoms with E-state index in [1.807, 2.05) is 24.3 Å². The standard InChI is InChI=1S/C22H29N5O.HI/c1-2-23-22(27-13-16-17(14-27)20-9-8-19(16)28-20)25-12-11-24-21-10-7-15-5-3-4-6-18(15)26-21;/h3-7,10,16-17,19-20H,2,8-9,11-14H2,1H3,(H,23,25)(H,24,26);1H. The number of rotatable bonds is 5. The van der Waals surface area contributed by atoms with E-state index in [0.29, 0.717) is 24.0 Å². The minimum Gasteiger partial charge on any atom is -0.374 e. The predicted octanol–water partition coefficient (Wildman–Crippen LogP) is 3.34. The molecule has 4 atom stereocenters. The largest absolute Gasteiger partial charge is 0.374 e. The van der Waals surface area contributed by atoms with Crippen molar-refractivity contribution in [1.29, 1.82) is 0 Å². The molecule has 0 spiro atoms. The normalized spacial score (nSPS) is 27.8. The number of para-hydroxylation sites is 1. The average molecular weight is 507 g/mol. The maximum absolute atomic E-state index is 6.10. The lowest BCUT2D eigenvalue weighted by molar-refractivity contribution is 0.0767. The van der Waals surface area contributed by atoms with Crippen LogP contribution in [-0.2, 0) is 4.74 Å². The maximum Gasteiger partial charge on any atom is 0.193 e. The van der Waals surface area contributed by atoms with Crippen LogP contribution < -0.4 is 10.6 Å². The third kappa shape index (κ3) is 4.17. The minimum atomic E-state index is 0. The number of halogens is 1. The molecule has 2 bridgehead atoms. The van der Waals surface area contributed by atoms with Gasteiger partial charge in [-0.25, -0.2) is 4.98 Å². The molecule has 1 aromatic heterocycles. The zero-order valence-electron chi connectivity index (χ0n) is 16.9. The lowest BCUT2D eigenvalue weighted by Gasteiger charge is -2.23. The van der Waals surface area contributed by atoms with E-state index in [2.05, 4.69) is 39.6 Å². The molecule has 0 radical (unpaired) electrons. The number of aromatic nitrogens is 1. The number of pyridine rings is 1. The SMILES string of the molecule is CCNC(=NCCNc1ccc2ccccc2n1)N1CC2C3CCC(O3)C2C1.I. The van der Waals surface area contributed by atoms with Crippen LogP contribution in [0.3, 0.4) is 0 Å². The van der Waals surface area contributed by atoms with Crippen molar-refractivity contribution < 1.29 is 4.74 Å². The highest BCUT2D eigenvalue weighted by Gasteiger charge is 2.53. The highest BCUT2D eigenvalue weighted by molar-refractivity contribution is 14.0. The summed E-state index contributed by atoms with van der Waals surface area (Å²) >= 11 is 0. The van der Waals surface area contributed by atoms with Crippen LogP contribution in [0.4, 0.5) is 5.82 Å². The second-order valence-corrected chi connectivity index (χ2v) is 8.07. The van der Waals surface area contributed by atoms with E-state index < -0.39 is 0 Å². The van der Waals surface area contributed by atoms with Crippen LogP contribution in [0.1, 0.15) is 19.8 Å². The Morgan fingerprint density at radius 1 is 1.14 bits per heavy atom. The number of ether oxygens (including phenoxy) is 1. The summed E-state index contributed by atoms with van der Waals surface area (Å²) < 4.78 is 6.10. The second kappa shape index (κ2) is 9.04. The highest BCUT2D eigenvalue weighted by Crippen LogP contribution is 2.47. The lowest BCUT2D eigenvalue weighted by Crippen LogP contribution is -2.41. The molecule has 4 heterocycles. The van der Waals surface area contributed by atoms with Gasteiger partial charge in [0.15, 0.2) is 5.96 Å². The van der Waals surface area contributed by atoms with E-state index in [9.17, 15) is 0 Å². The average Bonchev–Trinajstić information content (AvgIpc) is 3.43. The Labute approximate surface area is 189 Å². The summed E-state index contributed by atoms with van der Waals surface area (Å²) in [6, 6.07) is 12.3. The third-order valence-corrected chi connectivity index (χ3v) is 6.37. The van der Waals surface area contributed by atoms with E-state index in [1.54, 1.807) is 0 Å². The first-order valence-corrected chi connectivity index (χ1v) is 10.6. The van der Waals surface area contributed by atoms with Gasteiger partial charge in [-0.1, -0.05) is 18.2 Å². The first-order valence-electron chi connectivity index (χ1n) is 10.6. The van der Waals surface area contributed by atoms with E-state index in [1.165, 1.54) is 12.8 Å². The van der Waals surface area contributed by atoms with Gasteiger partial charge in [-0.3, -0.25) is 4.99 Å². The minimum absolute atomic E-state index is 0. The Morgan fingerprint density at radius 3 is 2.66 bits per heavy atom. The summed E-state index contributed by atoms with van der Waals surface area (Å²) in [5.74, 6) is 3.35. The third-order valence-electron chi connectivity index (χ3n) is 6.37. The molecule has 3 aliphatic rings.